The first-order valence-corrected chi connectivity index (χ1v) is 13.4. The van der Waals surface area contributed by atoms with Crippen LogP contribution in [0.1, 0.15) is 24.1 Å². The van der Waals surface area contributed by atoms with Crippen molar-refractivity contribution in [3.05, 3.63) is 81.6 Å². The summed E-state index contributed by atoms with van der Waals surface area (Å²) in [5.74, 6) is 0.827. The normalized spacial score (nSPS) is 13.5. The van der Waals surface area contributed by atoms with Crippen molar-refractivity contribution < 1.29 is 4.74 Å². The van der Waals surface area contributed by atoms with Gasteiger partial charge < -0.3 is 4.74 Å². The number of methoxy groups -OCH3 is 1. The molecule has 1 aliphatic rings. The Morgan fingerprint density at radius 3 is 2.54 bits per heavy atom. The van der Waals surface area contributed by atoms with Crippen LogP contribution >= 0.6 is 22.7 Å². The fourth-order valence-electron chi connectivity index (χ4n) is 5.19. The van der Waals surface area contributed by atoms with Crippen LogP contribution in [0.4, 0.5) is 0 Å². The number of hydrogen-bond donors (Lipinski definition) is 0. The van der Waals surface area contributed by atoms with Crippen molar-refractivity contribution in [2.75, 3.05) is 7.11 Å². The van der Waals surface area contributed by atoms with Gasteiger partial charge in [0.05, 0.1) is 12.8 Å². The predicted octanol–water partition coefficient (Wildman–Crippen LogP) is 6.74. The van der Waals surface area contributed by atoms with Crippen molar-refractivity contribution in [2.45, 2.75) is 25.7 Å². The third-order valence-electron chi connectivity index (χ3n) is 6.85. The standard InChI is InChI=1S/C28H21N3O2S2/c1-33-18-13-11-17(12-14-18)22-19-9-5-6-10-20(19)29-26-23(22)24-25(35-26)27(32)31-21(15-34-28(31)30-24)16-7-3-2-4-8-16/h2-4,7-8,11-15H,5-6,9-10H2,1H3. The van der Waals surface area contributed by atoms with Crippen LogP contribution < -0.4 is 10.3 Å². The van der Waals surface area contributed by atoms with Crippen molar-refractivity contribution in [2.24, 2.45) is 0 Å². The second kappa shape index (κ2) is 8.00. The molecule has 2 aromatic carbocycles. The summed E-state index contributed by atoms with van der Waals surface area (Å²) in [6.45, 7) is 0. The topological polar surface area (TPSA) is 56.5 Å². The highest BCUT2D eigenvalue weighted by Gasteiger charge is 2.25. The van der Waals surface area contributed by atoms with Crippen LogP contribution in [0.5, 0.6) is 5.75 Å². The van der Waals surface area contributed by atoms with Gasteiger partial charge in [-0.1, -0.05) is 42.5 Å². The molecule has 7 heteroatoms. The molecule has 4 aromatic heterocycles. The molecule has 0 aliphatic heterocycles. The minimum atomic E-state index is -0.0215. The minimum Gasteiger partial charge on any atom is -0.497 e. The fraction of sp³-hybridized carbons (Fsp3) is 0.179. The van der Waals surface area contributed by atoms with Gasteiger partial charge in [-0.3, -0.25) is 4.79 Å². The van der Waals surface area contributed by atoms with E-state index in [9.17, 15) is 4.79 Å². The van der Waals surface area contributed by atoms with Crippen LogP contribution in [0.25, 0.3) is 47.8 Å². The van der Waals surface area contributed by atoms with Crippen LogP contribution in [-0.2, 0) is 12.8 Å². The Bertz CT molecular complexity index is 1800. The second-order valence-electron chi connectivity index (χ2n) is 8.83. The molecule has 1 aliphatic carbocycles. The first kappa shape index (κ1) is 20.8. The van der Waals surface area contributed by atoms with E-state index >= 15 is 0 Å². The molecule has 0 saturated heterocycles. The van der Waals surface area contributed by atoms with Gasteiger partial charge in [0.25, 0.3) is 5.56 Å². The number of pyridine rings is 1. The maximum atomic E-state index is 13.9. The van der Waals surface area contributed by atoms with Gasteiger partial charge in [-0.25, -0.2) is 14.4 Å². The van der Waals surface area contributed by atoms with E-state index in [0.717, 1.165) is 69.7 Å². The van der Waals surface area contributed by atoms with E-state index in [4.69, 9.17) is 14.7 Å². The van der Waals surface area contributed by atoms with Gasteiger partial charge in [0.15, 0.2) is 4.96 Å². The van der Waals surface area contributed by atoms with Crippen molar-refractivity contribution in [1.82, 2.24) is 14.4 Å². The highest BCUT2D eigenvalue weighted by atomic mass is 32.1. The van der Waals surface area contributed by atoms with Crippen LogP contribution in [0.15, 0.2) is 64.8 Å². The quantitative estimate of drug-likeness (QED) is 0.273. The molecule has 5 nitrogen and oxygen atoms in total. The Morgan fingerprint density at radius 1 is 0.943 bits per heavy atom. The lowest BCUT2D eigenvalue weighted by molar-refractivity contribution is 0.415. The maximum absolute atomic E-state index is 13.9. The molecule has 0 saturated carbocycles. The number of benzene rings is 2. The number of hydrogen-bond acceptors (Lipinski definition) is 6. The molecule has 0 spiro atoms. The minimum absolute atomic E-state index is 0.0215. The summed E-state index contributed by atoms with van der Waals surface area (Å²) in [5, 5.41) is 3.03. The third kappa shape index (κ3) is 3.15. The molecule has 7 rings (SSSR count). The molecule has 0 amide bonds. The molecule has 0 N–H and O–H groups in total. The number of ether oxygens (including phenoxy) is 1. The molecule has 0 fully saturated rings. The summed E-state index contributed by atoms with van der Waals surface area (Å²) in [4.78, 5) is 25.6. The Hall–Kier alpha value is -3.55. The number of aryl methyl sites for hydroxylation is 1. The molecule has 6 aromatic rings. The van der Waals surface area contributed by atoms with Crippen LogP contribution in [0.2, 0.25) is 0 Å². The lowest BCUT2D eigenvalue weighted by Crippen LogP contribution is -2.13. The molecule has 172 valence electrons. The van der Waals surface area contributed by atoms with E-state index in [1.807, 2.05) is 47.8 Å². The first-order chi connectivity index (χ1) is 17.2. The molecule has 35 heavy (non-hydrogen) atoms. The molecule has 0 bridgehead atoms. The Kier molecular flexibility index (Phi) is 4.75. The zero-order chi connectivity index (χ0) is 23.5. The zero-order valence-corrected chi connectivity index (χ0v) is 20.7. The Morgan fingerprint density at radius 2 is 1.74 bits per heavy atom. The first-order valence-electron chi connectivity index (χ1n) is 11.7. The van der Waals surface area contributed by atoms with E-state index in [-0.39, 0.29) is 5.56 Å². The van der Waals surface area contributed by atoms with Crippen LogP contribution in [-0.4, -0.2) is 21.5 Å². The van der Waals surface area contributed by atoms with Crippen LogP contribution in [0.3, 0.4) is 0 Å². The number of nitrogens with zero attached hydrogens (tertiary/aromatic N) is 3. The van der Waals surface area contributed by atoms with Crippen molar-refractivity contribution in [3.63, 3.8) is 0 Å². The van der Waals surface area contributed by atoms with Crippen molar-refractivity contribution in [1.29, 1.82) is 0 Å². The monoisotopic (exact) mass is 495 g/mol. The van der Waals surface area contributed by atoms with Gasteiger partial charge in [0.2, 0.25) is 0 Å². The molecular weight excluding hydrogens is 474 g/mol. The van der Waals surface area contributed by atoms with E-state index in [1.54, 1.807) is 11.5 Å². The van der Waals surface area contributed by atoms with Gasteiger partial charge in [-0.05, 0) is 60.1 Å². The number of rotatable bonds is 3. The molecular formula is C28H21N3O2S2. The van der Waals surface area contributed by atoms with Gasteiger partial charge >= 0.3 is 0 Å². The maximum Gasteiger partial charge on any atom is 0.277 e. The molecule has 0 atom stereocenters. The summed E-state index contributed by atoms with van der Waals surface area (Å²) in [5.41, 5.74) is 7.39. The smallest absolute Gasteiger partial charge is 0.277 e. The highest BCUT2D eigenvalue weighted by molar-refractivity contribution is 7.25. The fourth-order valence-corrected chi connectivity index (χ4v) is 7.15. The average Bonchev–Trinajstić information content (AvgIpc) is 3.50. The summed E-state index contributed by atoms with van der Waals surface area (Å²) in [6, 6.07) is 18.2. The molecule has 0 radical (unpaired) electrons. The summed E-state index contributed by atoms with van der Waals surface area (Å²) < 4.78 is 7.82. The van der Waals surface area contributed by atoms with Crippen molar-refractivity contribution in [3.8, 4) is 28.1 Å². The van der Waals surface area contributed by atoms with E-state index in [1.165, 1.54) is 33.8 Å². The number of fused-ring (bicyclic) bond motifs is 5. The lowest BCUT2D eigenvalue weighted by atomic mass is 9.87. The average molecular weight is 496 g/mol. The highest BCUT2D eigenvalue weighted by Crippen LogP contribution is 2.43. The summed E-state index contributed by atoms with van der Waals surface area (Å²) >= 11 is 2.98. The Labute approximate surface area is 209 Å². The second-order valence-corrected chi connectivity index (χ2v) is 10.7. The lowest BCUT2D eigenvalue weighted by Gasteiger charge is -2.20. The summed E-state index contributed by atoms with van der Waals surface area (Å²) in [6.07, 6.45) is 4.27. The van der Waals surface area contributed by atoms with E-state index in [2.05, 4.69) is 12.1 Å². The van der Waals surface area contributed by atoms with E-state index < -0.39 is 0 Å². The van der Waals surface area contributed by atoms with Gasteiger partial charge in [-0.15, -0.1) is 22.7 Å². The summed E-state index contributed by atoms with van der Waals surface area (Å²) in [7, 11) is 1.68. The Balaban J connectivity index is 1.58. The van der Waals surface area contributed by atoms with Gasteiger partial charge in [0.1, 0.15) is 20.8 Å². The van der Waals surface area contributed by atoms with E-state index in [0.29, 0.717) is 9.66 Å². The SMILES string of the molecule is COc1ccc(-c2c3c(nc4sc5c(=O)n6c(-c7ccccc7)csc6nc5c24)CCCC3)cc1. The van der Waals surface area contributed by atoms with Gasteiger partial charge in [-0.2, -0.15) is 0 Å². The number of thiazole rings is 1. The van der Waals surface area contributed by atoms with Crippen LogP contribution in [0, 0.1) is 0 Å². The van der Waals surface area contributed by atoms with Gasteiger partial charge in [0, 0.05) is 16.5 Å². The number of thiophene rings is 1. The molecule has 4 heterocycles. The number of aromatic nitrogens is 3. The third-order valence-corrected chi connectivity index (χ3v) is 8.74. The van der Waals surface area contributed by atoms with Crippen molar-refractivity contribution >= 4 is 48.1 Å². The predicted molar refractivity (Wildman–Crippen MR) is 144 cm³/mol. The largest absolute Gasteiger partial charge is 0.497 e. The molecule has 0 unspecified atom stereocenters. The zero-order valence-electron chi connectivity index (χ0n) is 19.1.